The average Bonchev–Trinajstić information content (AvgIpc) is 2.92. The Morgan fingerprint density at radius 3 is 2.46 bits per heavy atom. The molecule has 2 unspecified atom stereocenters. The van der Waals surface area contributed by atoms with Gasteiger partial charge in [0, 0.05) is 6.42 Å². The van der Waals surface area contributed by atoms with Gasteiger partial charge in [0.2, 0.25) is 0 Å². The molecule has 0 saturated heterocycles. The summed E-state index contributed by atoms with van der Waals surface area (Å²) in [7, 11) is 1.30. The summed E-state index contributed by atoms with van der Waals surface area (Å²) in [6, 6.07) is 30.6. The summed E-state index contributed by atoms with van der Waals surface area (Å²) in [5, 5.41) is 2.29. The van der Waals surface area contributed by atoms with Gasteiger partial charge in [0.1, 0.15) is 11.9 Å². The van der Waals surface area contributed by atoms with Crippen LogP contribution in [0.1, 0.15) is 34.0 Å². The van der Waals surface area contributed by atoms with Crippen LogP contribution in [0.5, 0.6) is 5.75 Å². The smallest absolute Gasteiger partial charge is 0.324 e. The van der Waals surface area contributed by atoms with Gasteiger partial charge in [0.05, 0.1) is 12.7 Å². The molecule has 1 aliphatic rings. The van der Waals surface area contributed by atoms with E-state index in [4.69, 9.17) is 9.47 Å². The van der Waals surface area contributed by atoms with Gasteiger partial charge in [0.15, 0.2) is 11.2 Å². The number of Topliss-reactive ketones (excluding diaryl/α,β-unsaturated/α-hetero) is 1. The Morgan fingerprint density at radius 1 is 0.943 bits per heavy atom. The highest BCUT2D eigenvalue weighted by Gasteiger charge is 2.58. The Bertz CT molecular complexity index is 1460. The molecule has 0 bridgehead atoms. The van der Waals surface area contributed by atoms with E-state index in [1.54, 1.807) is 24.3 Å². The van der Waals surface area contributed by atoms with Crippen molar-refractivity contribution in [2.24, 2.45) is 5.41 Å². The highest BCUT2D eigenvalue weighted by molar-refractivity contribution is 6.15. The molecular weight excluding hydrogens is 436 g/mol. The summed E-state index contributed by atoms with van der Waals surface area (Å²) >= 11 is 0. The van der Waals surface area contributed by atoms with Crippen molar-refractivity contribution in [3.8, 4) is 5.75 Å². The first-order chi connectivity index (χ1) is 17.1. The third kappa shape index (κ3) is 4.05. The second kappa shape index (κ2) is 9.46. The van der Waals surface area contributed by atoms with E-state index < -0.39 is 17.5 Å². The Balaban J connectivity index is 1.57. The predicted molar refractivity (Wildman–Crippen MR) is 136 cm³/mol. The lowest BCUT2D eigenvalue weighted by molar-refractivity contribution is -0.155. The maximum Gasteiger partial charge on any atom is 0.324 e. The first-order valence-corrected chi connectivity index (χ1v) is 11.5. The molecule has 4 aromatic carbocycles. The molecule has 0 aliphatic carbocycles. The van der Waals surface area contributed by atoms with E-state index in [2.05, 4.69) is 30.0 Å². The van der Waals surface area contributed by atoms with Gasteiger partial charge in [-0.3, -0.25) is 9.59 Å². The molecule has 2 atom stereocenters. The number of hydrogen-bond donors (Lipinski definition) is 0. The molecular formula is C31H24O4. The number of carbonyl (C=O) groups excluding carboxylic acids is 2. The molecule has 0 amide bonds. The van der Waals surface area contributed by atoms with E-state index in [1.165, 1.54) is 7.11 Å². The van der Waals surface area contributed by atoms with Crippen LogP contribution in [0, 0.1) is 5.41 Å². The van der Waals surface area contributed by atoms with Crippen LogP contribution in [0.4, 0.5) is 0 Å². The standard InChI is InChI=1S/C31H24O4/c1-34-30(33)31(20-10-9-11-22-18-19-23-12-5-6-15-25(23)21-22)28(32)26-16-7-8-17-27(26)35-29(31)24-13-3-2-4-14-24/h2-8,10-19,21,29H,20H2,1H3. The average molecular weight is 461 g/mol. The third-order valence-electron chi connectivity index (χ3n) is 6.45. The maximum atomic E-state index is 13.9. The zero-order valence-corrected chi connectivity index (χ0v) is 19.3. The number of ether oxygens (including phenoxy) is 2. The van der Waals surface area contributed by atoms with Crippen LogP contribution >= 0.6 is 0 Å². The summed E-state index contributed by atoms with van der Waals surface area (Å²) < 4.78 is 11.5. The number of ketones is 1. The Labute approximate surface area is 204 Å². The molecule has 4 heteroatoms. The van der Waals surface area contributed by atoms with Crippen molar-refractivity contribution < 1.29 is 19.1 Å². The number of fused-ring (bicyclic) bond motifs is 2. The van der Waals surface area contributed by atoms with Gasteiger partial charge in [0.25, 0.3) is 0 Å². The lowest BCUT2D eigenvalue weighted by Gasteiger charge is -2.40. The first-order valence-electron chi connectivity index (χ1n) is 11.5. The van der Waals surface area contributed by atoms with E-state index in [-0.39, 0.29) is 12.2 Å². The van der Waals surface area contributed by atoms with Crippen LogP contribution < -0.4 is 4.74 Å². The highest BCUT2D eigenvalue weighted by Crippen LogP contribution is 2.49. The number of para-hydroxylation sites is 1. The first kappa shape index (κ1) is 22.4. The lowest BCUT2D eigenvalue weighted by Crippen LogP contribution is -2.49. The van der Waals surface area contributed by atoms with Crippen LogP contribution in [-0.4, -0.2) is 18.9 Å². The second-order valence-corrected chi connectivity index (χ2v) is 8.52. The number of benzene rings is 4. The zero-order valence-electron chi connectivity index (χ0n) is 19.3. The number of rotatable bonds is 5. The molecule has 0 saturated carbocycles. The van der Waals surface area contributed by atoms with Crippen molar-refractivity contribution in [1.82, 2.24) is 0 Å². The minimum absolute atomic E-state index is 0.0798. The number of hydrogen-bond acceptors (Lipinski definition) is 4. The molecule has 4 aromatic rings. The van der Waals surface area contributed by atoms with Crippen molar-refractivity contribution in [2.45, 2.75) is 12.5 Å². The molecule has 172 valence electrons. The third-order valence-corrected chi connectivity index (χ3v) is 6.45. The lowest BCUT2D eigenvalue weighted by atomic mass is 9.69. The molecule has 35 heavy (non-hydrogen) atoms. The fourth-order valence-corrected chi connectivity index (χ4v) is 4.66. The quantitative estimate of drug-likeness (QED) is 0.192. The van der Waals surface area contributed by atoms with Gasteiger partial charge >= 0.3 is 5.97 Å². The van der Waals surface area contributed by atoms with E-state index in [0.29, 0.717) is 11.3 Å². The van der Waals surface area contributed by atoms with E-state index in [0.717, 1.165) is 21.9 Å². The normalized spacial score (nSPS) is 18.7. The molecule has 0 aromatic heterocycles. The summed E-state index contributed by atoms with van der Waals surface area (Å²) in [4.78, 5) is 27.2. The van der Waals surface area contributed by atoms with Crippen molar-refractivity contribution >= 4 is 28.6 Å². The van der Waals surface area contributed by atoms with Gasteiger partial charge < -0.3 is 9.47 Å². The summed E-state index contributed by atoms with van der Waals surface area (Å²) in [5.41, 5.74) is 3.67. The second-order valence-electron chi connectivity index (χ2n) is 8.52. The molecule has 0 spiro atoms. The van der Waals surface area contributed by atoms with Crippen molar-refractivity contribution in [3.05, 3.63) is 126 Å². The van der Waals surface area contributed by atoms with E-state index in [1.807, 2.05) is 60.7 Å². The van der Waals surface area contributed by atoms with Gasteiger partial charge in [-0.05, 0) is 52.3 Å². The van der Waals surface area contributed by atoms with E-state index in [9.17, 15) is 9.59 Å². The van der Waals surface area contributed by atoms with Crippen molar-refractivity contribution in [3.63, 3.8) is 0 Å². The molecule has 4 nitrogen and oxygen atoms in total. The molecule has 1 heterocycles. The SMILES string of the molecule is COC(=O)C1(CC=C=Cc2ccc3ccccc3c2)C(=O)c2ccccc2OC1c1ccccc1. The number of esters is 1. The van der Waals surface area contributed by atoms with Gasteiger partial charge in [-0.25, -0.2) is 0 Å². The minimum atomic E-state index is -1.57. The maximum absolute atomic E-state index is 13.9. The monoisotopic (exact) mass is 460 g/mol. The molecule has 1 aliphatic heterocycles. The fourth-order valence-electron chi connectivity index (χ4n) is 4.66. The van der Waals surface area contributed by atoms with E-state index >= 15 is 0 Å². The zero-order chi connectivity index (χ0) is 24.3. The summed E-state index contributed by atoms with van der Waals surface area (Å²) in [6.07, 6.45) is 2.81. The number of methoxy groups -OCH3 is 1. The molecule has 5 rings (SSSR count). The Morgan fingerprint density at radius 2 is 1.66 bits per heavy atom. The predicted octanol–water partition coefficient (Wildman–Crippen LogP) is 6.57. The summed E-state index contributed by atoms with van der Waals surface area (Å²) in [6.45, 7) is 0. The largest absolute Gasteiger partial charge is 0.483 e. The Hall–Kier alpha value is -4.40. The molecule has 0 fully saturated rings. The van der Waals surface area contributed by atoms with Crippen LogP contribution in [0.3, 0.4) is 0 Å². The van der Waals surface area contributed by atoms with Crippen molar-refractivity contribution in [2.75, 3.05) is 7.11 Å². The minimum Gasteiger partial charge on any atom is -0.483 e. The topological polar surface area (TPSA) is 52.6 Å². The highest BCUT2D eigenvalue weighted by atomic mass is 16.5. The number of carbonyl (C=O) groups is 2. The van der Waals surface area contributed by atoms with Crippen LogP contribution in [0.15, 0.2) is 109 Å². The summed E-state index contributed by atoms with van der Waals surface area (Å²) in [5.74, 6) is -0.486. The van der Waals surface area contributed by atoms with Crippen LogP contribution in [-0.2, 0) is 9.53 Å². The van der Waals surface area contributed by atoms with Gasteiger partial charge in [-0.1, -0.05) is 78.9 Å². The van der Waals surface area contributed by atoms with Crippen molar-refractivity contribution in [1.29, 1.82) is 0 Å². The number of allylic oxidation sites excluding steroid dienone is 1. The Kier molecular flexibility index (Phi) is 6.05. The van der Waals surface area contributed by atoms with Crippen LogP contribution in [0.2, 0.25) is 0 Å². The molecule has 0 N–H and O–H groups in total. The molecule has 0 radical (unpaired) electrons. The fraction of sp³-hybridized carbons (Fsp3) is 0.129. The van der Waals surface area contributed by atoms with Gasteiger partial charge in [-0.2, -0.15) is 0 Å². The van der Waals surface area contributed by atoms with Gasteiger partial charge in [-0.15, -0.1) is 5.73 Å². The van der Waals surface area contributed by atoms with Crippen LogP contribution in [0.25, 0.3) is 16.8 Å².